The zero-order valence-corrected chi connectivity index (χ0v) is 14.9. The third-order valence-electron chi connectivity index (χ3n) is 2.59. The molecule has 0 aliphatic carbocycles. The SMILES string of the molecule is CCSc1cccc(Oc2cc(Cl)c(Br)cc2Cl)c1C#N. The Morgan fingerprint density at radius 3 is 2.67 bits per heavy atom. The first-order chi connectivity index (χ1) is 10.1. The minimum Gasteiger partial charge on any atom is -0.454 e. The van der Waals surface area contributed by atoms with Crippen LogP contribution in [0.25, 0.3) is 0 Å². The first-order valence-electron chi connectivity index (χ1n) is 6.05. The standard InChI is InChI=1S/C15H10BrCl2NOS/c1-2-21-15-5-3-4-13(9(15)8-19)20-14-7-11(17)10(16)6-12(14)18/h3-7H,2H2,1H3. The number of halogens is 3. The average molecular weight is 403 g/mol. The van der Waals surface area contributed by atoms with E-state index in [4.69, 9.17) is 27.9 Å². The minimum atomic E-state index is 0.417. The van der Waals surface area contributed by atoms with Crippen LogP contribution in [0.4, 0.5) is 0 Å². The molecule has 0 aromatic heterocycles. The van der Waals surface area contributed by atoms with Crippen LogP contribution in [-0.2, 0) is 0 Å². The molecular formula is C15H10BrCl2NOS. The molecule has 0 unspecified atom stereocenters. The molecule has 0 saturated heterocycles. The van der Waals surface area contributed by atoms with Crippen LogP contribution in [0, 0.1) is 11.3 Å². The summed E-state index contributed by atoms with van der Waals surface area (Å²) in [5.41, 5.74) is 0.499. The van der Waals surface area contributed by atoms with Crippen molar-refractivity contribution >= 4 is 50.9 Å². The van der Waals surface area contributed by atoms with Crippen molar-refractivity contribution in [3.63, 3.8) is 0 Å². The highest BCUT2D eigenvalue weighted by molar-refractivity contribution is 9.10. The van der Waals surface area contributed by atoms with E-state index in [1.165, 1.54) is 0 Å². The highest BCUT2D eigenvalue weighted by Gasteiger charge is 2.13. The van der Waals surface area contributed by atoms with Gasteiger partial charge >= 0.3 is 0 Å². The molecule has 0 spiro atoms. The van der Waals surface area contributed by atoms with Crippen LogP contribution < -0.4 is 4.74 Å². The van der Waals surface area contributed by atoms with Gasteiger partial charge in [0.25, 0.3) is 0 Å². The van der Waals surface area contributed by atoms with Gasteiger partial charge in [-0.3, -0.25) is 0 Å². The van der Waals surface area contributed by atoms with Gasteiger partial charge in [-0.05, 0) is 39.9 Å². The normalized spacial score (nSPS) is 10.2. The summed E-state index contributed by atoms with van der Waals surface area (Å²) in [7, 11) is 0. The number of nitriles is 1. The van der Waals surface area contributed by atoms with Gasteiger partial charge in [0.15, 0.2) is 0 Å². The van der Waals surface area contributed by atoms with E-state index in [9.17, 15) is 5.26 Å². The summed E-state index contributed by atoms with van der Waals surface area (Å²) in [6.45, 7) is 2.03. The zero-order valence-electron chi connectivity index (χ0n) is 11.0. The van der Waals surface area contributed by atoms with E-state index in [1.807, 2.05) is 19.1 Å². The van der Waals surface area contributed by atoms with Crippen molar-refractivity contribution < 1.29 is 4.74 Å². The summed E-state index contributed by atoms with van der Waals surface area (Å²) in [5, 5.41) is 10.3. The lowest BCUT2D eigenvalue weighted by Gasteiger charge is -2.12. The molecule has 6 heteroatoms. The fourth-order valence-electron chi connectivity index (χ4n) is 1.68. The summed E-state index contributed by atoms with van der Waals surface area (Å²) in [4.78, 5) is 0.886. The lowest BCUT2D eigenvalue weighted by Crippen LogP contribution is -1.92. The molecular weight excluding hydrogens is 393 g/mol. The van der Waals surface area contributed by atoms with Gasteiger partial charge in [0.05, 0.1) is 10.0 Å². The van der Waals surface area contributed by atoms with Crippen molar-refractivity contribution in [2.75, 3.05) is 5.75 Å². The topological polar surface area (TPSA) is 33.0 Å². The Morgan fingerprint density at radius 1 is 1.24 bits per heavy atom. The maximum absolute atomic E-state index is 9.36. The molecule has 0 aliphatic rings. The summed E-state index contributed by atoms with van der Waals surface area (Å²) in [6, 6.07) is 11.0. The molecule has 0 aliphatic heterocycles. The predicted octanol–water partition coefficient (Wildman–Crippen LogP) is 6.53. The number of nitrogens with zero attached hydrogens (tertiary/aromatic N) is 1. The Labute approximate surface area is 146 Å². The number of hydrogen-bond acceptors (Lipinski definition) is 3. The Morgan fingerprint density at radius 2 is 2.00 bits per heavy atom. The third-order valence-corrected chi connectivity index (χ3v) is 5.03. The highest BCUT2D eigenvalue weighted by atomic mass is 79.9. The Balaban J connectivity index is 2.43. The molecule has 2 nitrogen and oxygen atoms in total. The lowest BCUT2D eigenvalue weighted by molar-refractivity contribution is 0.480. The molecule has 2 aromatic carbocycles. The molecule has 0 heterocycles. The second-order valence-electron chi connectivity index (χ2n) is 3.97. The lowest BCUT2D eigenvalue weighted by atomic mass is 10.2. The van der Waals surface area contributed by atoms with Gasteiger partial charge in [-0.25, -0.2) is 0 Å². The van der Waals surface area contributed by atoms with E-state index in [2.05, 4.69) is 22.0 Å². The maximum atomic E-state index is 9.36. The first kappa shape index (κ1) is 16.5. The van der Waals surface area contributed by atoms with Crippen molar-refractivity contribution in [1.29, 1.82) is 5.26 Å². The van der Waals surface area contributed by atoms with E-state index in [-0.39, 0.29) is 0 Å². The van der Waals surface area contributed by atoms with Crippen LogP contribution in [0.15, 0.2) is 39.7 Å². The van der Waals surface area contributed by atoms with Crippen molar-refractivity contribution in [2.24, 2.45) is 0 Å². The fraction of sp³-hybridized carbons (Fsp3) is 0.133. The number of thioether (sulfide) groups is 1. The zero-order chi connectivity index (χ0) is 15.4. The molecule has 0 atom stereocenters. The Hall–Kier alpha value is -0.860. The molecule has 0 bridgehead atoms. The molecule has 2 aromatic rings. The first-order valence-corrected chi connectivity index (χ1v) is 8.58. The molecule has 0 saturated carbocycles. The van der Waals surface area contributed by atoms with Gasteiger partial charge in [-0.15, -0.1) is 11.8 Å². The summed E-state index contributed by atoms with van der Waals surface area (Å²) in [6.07, 6.45) is 0. The molecule has 2 rings (SSSR count). The Bertz CT molecular complexity index is 716. The van der Waals surface area contributed by atoms with E-state index < -0.39 is 0 Å². The van der Waals surface area contributed by atoms with E-state index in [1.54, 1.807) is 30.0 Å². The average Bonchev–Trinajstić information content (AvgIpc) is 2.45. The largest absolute Gasteiger partial charge is 0.454 e. The van der Waals surface area contributed by atoms with Gasteiger partial charge in [0, 0.05) is 15.4 Å². The highest BCUT2D eigenvalue weighted by Crippen LogP contribution is 2.38. The van der Waals surface area contributed by atoms with Crippen molar-refractivity contribution in [2.45, 2.75) is 11.8 Å². The maximum Gasteiger partial charge on any atom is 0.147 e. The van der Waals surface area contributed by atoms with Gasteiger partial charge in [-0.2, -0.15) is 5.26 Å². The number of rotatable bonds is 4. The van der Waals surface area contributed by atoms with Gasteiger partial charge in [-0.1, -0.05) is 36.2 Å². The van der Waals surface area contributed by atoms with Crippen LogP contribution >= 0.6 is 50.9 Å². The monoisotopic (exact) mass is 401 g/mol. The van der Waals surface area contributed by atoms with Crippen molar-refractivity contribution in [3.05, 3.63) is 50.4 Å². The van der Waals surface area contributed by atoms with Crippen LogP contribution in [0.2, 0.25) is 10.0 Å². The van der Waals surface area contributed by atoms with E-state index in [0.717, 1.165) is 10.6 Å². The smallest absolute Gasteiger partial charge is 0.147 e. The third kappa shape index (κ3) is 3.87. The second-order valence-corrected chi connectivity index (χ2v) is 6.95. The van der Waals surface area contributed by atoms with Crippen LogP contribution in [-0.4, -0.2) is 5.75 Å². The van der Waals surface area contributed by atoms with Gasteiger partial charge in [0.1, 0.15) is 23.1 Å². The fourth-order valence-corrected chi connectivity index (χ4v) is 3.29. The molecule has 21 heavy (non-hydrogen) atoms. The van der Waals surface area contributed by atoms with Gasteiger partial charge in [0.2, 0.25) is 0 Å². The number of benzene rings is 2. The quantitative estimate of drug-likeness (QED) is 0.430. The number of hydrogen-bond donors (Lipinski definition) is 0. The van der Waals surface area contributed by atoms with E-state index >= 15 is 0 Å². The van der Waals surface area contributed by atoms with Crippen molar-refractivity contribution in [1.82, 2.24) is 0 Å². The Kier molecular flexibility index (Phi) is 5.83. The van der Waals surface area contributed by atoms with Crippen LogP contribution in [0.5, 0.6) is 11.5 Å². The molecule has 108 valence electrons. The summed E-state index contributed by atoms with van der Waals surface area (Å²) >= 11 is 17.1. The molecule has 0 amide bonds. The van der Waals surface area contributed by atoms with Crippen LogP contribution in [0.1, 0.15) is 12.5 Å². The van der Waals surface area contributed by atoms with E-state index in [0.29, 0.717) is 31.6 Å². The molecule has 0 fully saturated rings. The van der Waals surface area contributed by atoms with Crippen LogP contribution in [0.3, 0.4) is 0 Å². The predicted molar refractivity (Wildman–Crippen MR) is 91.8 cm³/mol. The minimum absolute atomic E-state index is 0.417. The summed E-state index contributed by atoms with van der Waals surface area (Å²) < 4.78 is 6.47. The van der Waals surface area contributed by atoms with Crippen molar-refractivity contribution in [3.8, 4) is 17.6 Å². The van der Waals surface area contributed by atoms with Gasteiger partial charge < -0.3 is 4.74 Å². The summed E-state index contributed by atoms with van der Waals surface area (Å²) in [5.74, 6) is 1.76. The second kappa shape index (κ2) is 7.42. The molecule has 0 radical (unpaired) electrons. The molecule has 0 N–H and O–H groups in total. The number of ether oxygens (including phenoxy) is 1.